The number of fused-ring (bicyclic) bond motifs is 1. The summed E-state index contributed by atoms with van der Waals surface area (Å²) in [5, 5.41) is 16.6. The number of benzene rings is 1. The van der Waals surface area contributed by atoms with Crippen LogP contribution in [0.25, 0.3) is 11.2 Å². The van der Waals surface area contributed by atoms with Crippen LogP contribution in [0.15, 0.2) is 36.7 Å². The average molecular weight is 580 g/mol. The lowest BCUT2D eigenvalue weighted by Gasteiger charge is -2.27. The van der Waals surface area contributed by atoms with Crippen molar-refractivity contribution in [3.63, 3.8) is 0 Å². The van der Waals surface area contributed by atoms with Crippen molar-refractivity contribution in [3.8, 4) is 18.1 Å². The van der Waals surface area contributed by atoms with Gasteiger partial charge in [-0.3, -0.25) is 9.36 Å². The normalized spacial score (nSPS) is 25.0. The Kier molecular flexibility index (Phi) is 8.36. The predicted octanol–water partition coefficient (Wildman–Crippen LogP) is 1.52. The molecular formula is C23H27FN7O6PS. The predicted molar refractivity (Wildman–Crippen MR) is 144 cm³/mol. The second kappa shape index (κ2) is 11.4. The summed E-state index contributed by atoms with van der Waals surface area (Å²) < 4.78 is 39.8. The number of hydrogen-bond acceptors (Lipinski definition) is 12. The molecule has 0 amide bonds. The molecule has 5 N–H and O–H groups in total. The molecule has 0 spiro atoms. The monoisotopic (exact) mass is 579 g/mol. The quantitative estimate of drug-likeness (QED) is 0.155. The van der Waals surface area contributed by atoms with Gasteiger partial charge in [-0.2, -0.15) is 9.97 Å². The van der Waals surface area contributed by atoms with Crippen molar-refractivity contribution in [2.75, 3.05) is 31.8 Å². The number of halogens is 1. The number of nitrogens with zero attached hydrogens (tertiary/aromatic N) is 4. The molecule has 0 unspecified atom stereocenters. The second-order valence-electron chi connectivity index (χ2n) is 8.46. The smallest absolute Gasteiger partial charge is 0.323 e. The first kappa shape index (κ1) is 28.6. The Labute approximate surface area is 228 Å². The summed E-state index contributed by atoms with van der Waals surface area (Å²) in [5.74, 6) is 1.97. The summed E-state index contributed by atoms with van der Waals surface area (Å²) in [6.07, 6.45) is 2.10. The summed E-state index contributed by atoms with van der Waals surface area (Å²) in [6, 6.07) is 7.62. The van der Waals surface area contributed by atoms with Crippen LogP contribution in [-0.4, -0.2) is 75.3 Å². The lowest BCUT2D eigenvalue weighted by Crippen LogP contribution is -2.42. The number of aromatic nitrogens is 4. The molecule has 0 bridgehead atoms. The average Bonchev–Trinajstić information content (AvgIpc) is 3.45. The lowest BCUT2D eigenvalue weighted by atomic mass is 9.97. The van der Waals surface area contributed by atoms with Crippen molar-refractivity contribution in [2.24, 2.45) is 0 Å². The molecule has 0 saturated carbocycles. The maximum absolute atomic E-state index is 16.1. The van der Waals surface area contributed by atoms with Crippen LogP contribution in [0.3, 0.4) is 0 Å². The van der Waals surface area contributed by atoms with Crippen LogP contribution in [0.4, 0.5) is 16.2 Å². The van der Waals surface area contributed by atoms with Gasteiger partial charge in [0.2, 0.25) is 11.6 Å². The molecule has 0 aliphatic carbocycles. The number of methoxy groups -OCH3 is 1. The van der Waals surface area contributed by atoms with Crippen LogP contribution in [0, 0.1) is 12.3 Å². The number of carbonyl (C=O) groups excluding carboxylic acids is 1. The molecule has 39 heavy (non-hydrogen) atoms. The molecule has 4 rings (SSSR count). The number of carbonyl (C=O) groups is 1. The number of imidazole rings is 1. The van der Waals surface area contributed by atoms with Crippen LogP contribution >= 0.6 is 6.64 Å². The zero-order valence-electron chi connectivity index (χ0n) is 21.1. The Bertz CT molecular complexity index is 1440. The number of esters is 1. The van der Waals surface area contributed by atoms with E-state index in [2.05, 4.69) is 25.4 Å². The molecule has 0 radical (unpaired) electrons. The first-order valence-electron chi connectivity index (χ1n) is 11.6. The van der Waals surface area contributed by atoms with Gasteiger partial charge in [0.15, 0.2) is 23.2 Å². The van der Waals surface area contributed by atoms with E-state index >= 15 is 4.39 Å². The summed E-state index contributed by atoms with van der Waals surface area (Å²) in [5.41, 5.74) is 3.51. The zero-order chi connectivity index (χ0) is 28.4. The summed E-state index contributed by atoms with van der Waals surface area (Å²) in [4.78, 5) is 24.5. The molecule has 16 heteroatoms. The van der Waals surface area contributed by atoms with Gasteiger partial charge in [-0.15, -0.1) is 6.42 Å². The molecule has 1 aliphatic rings. The first-order valence-corrected chi connectivity index (χ1v) is 14.2. The number of nitrogens with two attached hydrogens (primary N) is 1. The number of nitrogens with one attached hydrogen (secondary N) is 2. The van der Waals surface area contributed by atoms with Crippen molar-refractivity contribution in [1.82, 2.24) is 24.6 Å². The minimum atomic E-state index is -3.48. The third-order valence-electron chi connectivity index (χ3n) is 5.88. The molecule has 3 heterocycles. The Morgan fingerprint density at radius 3 is 2.79 bits per heavy atom. The number of para-hydroxylation sites is 1. The van der Waals surface area contributed by atoms with Crippen LogP contribution in [0.1, 0.15) is 13.2 Å². The largest absolute Gasteiger partial charge is 0.468 e. The molecule has 13 nitrogen and oxygen atoms in total. The number of rotatable bonds is 10. The minimum absolute atomic E-state index is 0.0956. The SMILES string of the molecule is C#C[C@@]1(F)[C@H](O)[C@@H](CO[P@@](=S)(N[C@H](C)C(=O)OC)Oc2ccccc2)O[C@H]1n1cnc2c(NC)nc(N)nc21. The zero-order valence-corrected chi connectivity index (χ0v) is 22.9. The van der Waals surface area contributed by atoms with Gasteiger partial charge in [-0.1, -0.05) is 24.1 Å². The van der Waals surface area contributed by atoms with E-state index in [-0.39, 0.29) is 17.1 Å². The Morgan fingerprint density at radius 2 is 2.15 bits per heavy atom. The molecular weight excluding hydrogens is 552 g/mol. The van der Waals surface area contributed by atoms with Gasteiger partial charge in [0.25, 0.3) is 0 Å². The van der Waals surface area contributed by atoms with E-state index < -0.39 is 49.4 Å². The molecule has 3 aromatic rings. The maximum atomic E-state index is 16.1. The number of aliphatic hydroxyl groups is 1. The van der Waals surface area contributed by atoms with Gasteiger partial charge < -0.3 is 34.7 Å². The fraction of sp³-hybridized carbons (Fsp3) is 0.391. The number of anilines is 2. The molecule has 1 saturated heterocycles. The summed E-state index contributed by atoms with van der Waals surface area (Å²) in [7, 11) is 2.84. The first-order chi connectivity index (χ1) is 18.5. The van der Waals surface area contributed by atoms with E-state index in [4.69, 9.17) is 42.5 Å². The van der Waals surface area contributed by atoms with Crippen molar-refractivity contribution in [3.05, 3.63) is 36.7 Å². The Balaban J connectivity index is 1.61. The van der Waals surface area contributed by atoms with E-state index in [1.807, 2.05) is 5.92 Å². The second-order valence-corrected chi connectivity index (χ2v) is 11.6. The van der Waals surface area contributed by atoms with Gasteiger partial charge >= 0.3 is 12.6 Å². The van der Waals surface area contributed by atoms with Crippen LogP contribution < -0.4 is 20.7 Å². The molecule has 1 fully saturated rings. The standard InChI is InChI=1S/C23H27FN7O6PS/c1-5-23(24)17(32)15(36-21(23)31-12-27-16-18(26-3)28-22(25)29-19(16)31)11-35-38(39,30-13(2)20(33)34-4)37-14-9-7-6-8-10-14/h1,6-10,12-13,15,17,21,32H,11H2,2-4H3,(H,30,39)(H3,25,26,28,29)/t13-,15-,17-,21-,23-,38+/m1/s1. The van der Waals surface area contributed by atoms with Crippen molar-refractivity contribution >= 4 is 47.3 Å². The van der Waals surface area contributed by atoms with Crippen molar-refractivity contribution < 1.29 is 32.8 Å². The van der Waals surface area contributed by atoms with E-state index in [1.54, 1.807) is 37.4 Å². The summed E-state index contributed by atoms with van der Waals surface area (Å²) in [6.45, 7) is -2.40. The number of nitrogen functional groups attached to an aromatic ring is 1. The molecule has 6 atom stereocenters. The molecule has 2 aromatic heterocycles. The number of alkyl halides is 1. The van der Waals surface area contributed by atoms with Gasteiger partial charge in [0, 0.05) is 7.05 Å². The Hall–Kier alpha value is -3.38. The highest BCUT2D eigenvalue weighted by Crippen LogP contribution is 2.48. The molecule has 1 aromatic carbocycles. The number of terminal acetylenes is 1. The van der Waals surface area contributed by atoms with Gasteiger partial charge in [-0.25, -0.2) is 14.5 Å². The molecule has 1 aliphatic heterocycles. The Morgan fingerprint density at radius 1 is 1.44 bits per heavy atom. The van der Waals surface area contributed by atoms with Gasteiger partial charge in [-0.05, 0) is 30.9 Å². The highest BCUT2D eigenvalue weighted by atomic mass is 32.5. The van der Waals surface area contributed by atoms with E-state index in [1.165, 1.54) is 24.9 Å². The highest BCUT2D eigenvalue weighted by molar-refractivity contribution is 8.09. The number of ether oxygens (including phenoxy) is 2. The fourth-order valence-corrected chi connectivity index (χ4v) is 6.36. The van der Waals surface area contributed by atoms with Crippen LogP contribution in [0.5, 0.6) is 5.75 Å². The van der Waals surface area contributed by atoms with Crippen molar-refractivity contribution in [1.29, 1.82) is 0 Å². The van der Waals surface area contributed by atoms with E-state index in [9.17, 15) is 9.90 Å². The van der Waals surface area contributed by atoms with Crippen LogP contribution in [0.2, 0.25) is 0 Å². The third kappa shape index (κ3) is 5.67. The van der Waals surface area contributed by atoms with Gasteiger partial charge in [0.05, 0.1) is 20.0 Å². The molecule has 208 valence electrons. The van der Waals surface area contributed by atoms with Crippen molar-refractivity contribution in [2.45, 2.75) is 37.1 Å². The maximum Gasteiger partial charge on any atom is 0.323 e. The van der Waals surface area contributed by atoms with Crippen LogP contribution in [-0.2, 0) is 30.6 Å². The highest BCUT2D eigenvalue weighted by Gasteiger charge is 2.58. The third-order valence-corrected chi connectivity index (χ3v) is 8.38. The number of hydrogen-bond donors (Lipinski definition) is 4. The van der Waals surface area contributed by atoms with E-state index in [0.29, 0.717) is 11.6 Å². The lowest BCUT2D eigenvalue weighted by molar-refractivity contribution is -0.142. The minimum Gasteiger partial charge on any atom is -0.468 e. The van der Waals surface area contributed by atoms with Gasteiger partial charge in [0.1, 0.15) is 24.0 Å². The topological polar surface area (TPSA) is 168 Å². The fourth-order valence-electron chi connectivity index (χ4n) is 3.94. The van der Waals surface area contributed by atoms with E-state index in [0.717, 1.165) is 0 Å². The summed E-state index contributed by atoms with van der Waals surface area (Å²) >= 11 is 5.62. The number of aliphatic hydroxyl groups excluding tert-OH is 1.